The Morgan fingerprint density at radius 2 is 2.58 bits per heavy atom. The maximum Gasteiger partial charge on any atom is 0.323 e. The van der Waals surface area contributed by atoms with Crippen molar-refractivity contribution in [3.8, 4) is 0 Å². The fourth-order valence-corrected chi connectivity index (χ4v) is 1.15. The Kier molecular flexibility index (Phi) is 3.49. The van der Waals surface area contributed by atoms with E-state index < -0.39 is 0 Å². The lowest BCUT2D eigenvalue weighted by molar-refractivity contribution is -0.139. The SMILES string of the molecule is CC(O)CCNC1CCOC1=O. The Bertz CT molecular complexity index is 158. The number of carbonyl (C=O) groups is 1. The highest BCUT2D eigenvalue weighted by atomic mass is 16.5. The first-order chi connectivity index (χ1) is 5.70. The zero-order valence-corrected chi connectivity index (χ0v) is 7.25. The number of rotatable bonds is 4. The van der Waals surface area contributed by atoms with Crippen LogP contribution in [0.25, 0.3) is 0 Å². The van der Waals surface area contributed by atoms with Gasteiger partial charge in [0.25, 0.3) is 0 Å². The van der Waals surface area contributed by atoms with Crippen LogP contribution in [0.3, 0.4) is 0 Å². The molecule has 1 heterocycles. The van der Waals surface area contributed by atoms with Gasteiger partial charge in [-0.25, -0.2) is 0 Å². The zero-order chi connectivity index (χ0) is 8.97. The number of esters is 1. The molecule has 2 N–H and O–H groups in total. The maximum atomic E-state index is 10.9. The monoisotopic (exact) mass is 173 g/mol. The van der Waals surface area contributed by atoms with Crippen LogP contribution in [-0.2, 0) is 9.53 Å². The minimum Gasteiger partial charge on any atom is -0.464 e. The lowest BCUT2D eigenvalue weighted by Gasteiger charge is -2.09. The number of carbonyl (C=O) groups excluding carboxylic acids is 1. The first-order valence-electron chi connectivity index (χ1n) is 4.28. The van der Waals surface area contributed by atoms with E-state index in [1.807, 2.05) is 0 Å². The summed E-state index contributed by atoms with van der Waals surface area (Å²) in [6, 6.07) is -0.149. The van der Waals surface area contributed by atoms with Crippen molar-refractivity contribution in [3.05, 3.63) is 0 Å². The van der Waals surface area contributed by atoms with Crippen molar-refractivity contribution in [2.75, 3.05) is 13.2 Å². The quantitative estimate of drug-likeness (QED) is 0.571. The van der Waals surface area contributed by atoms with E-state index in [2.05, 4.69) is 5.32 Å². The lowest BCUT2D eigenvalue weighted by atomic mass is 10.2. The van der Waals surface area contributed by atoms with Gasteiger partial charge in [0.05, 0.1) is 12.7 Å². The molecule has 0 saturated carbocycles. The summed E-state index contributed by atoms with van der Waals surface area (Å²) < 4.78 is 4.76. The van der Waals surface area contributed by atoms with Crippen molar-refractivity contribution in [1.82, 2.24) is 5.32 Å². The fourth-order valence-electron chi connectivity index (χ4n) is 1.15. The van der Waals surface area contributed by atoms with Gasteiger partial charge in [0, 0.05) is 6.42 Å². The Labute approximate surface area is 71.9 Å². The van der Waals surface area contributed by atoms with Crippen molar-refractivity contribution in [2.24, 2.45) is 0 Å². The summed E-state index contributed by atoms with van der Waals surface area (Å²) in [7, 11) is 0. The normalized spacial score (nSPS) is 25.5. The van der Waals surface area contributed by atoms with E-state index in [9.17, 15) is 4.79 Å². The van der Waals surface area contributed by atoms with Crippen LogP contribution in [0, 0.1) is 0 Å². The number of ether oxygens (including phenoxy) is 1. The molecule has 12 heavy (non-hydrogen) atoms. The molecule has 70 valence electrons. The second-order valence-electron chi connectivity index (χ2n) is 3.10. The molecule has 1 fully saturated rings. The van der Waals surface area contributed by atoms with E-state index in [1.54, 1.807) is 6.92 Å². The smallest absolute Gasteiger partial charge is 0.323 e. The fraction of sp³-hybridized carbons (Fsp3) is 0.875. The second kappa shape index (κ2) is 4.42. The third-order valence-electron chi connectivity index (χ3n) is 1.89. The van der Waals surface area contributed by atoms with Crippen LogP contribution in [0.5, 0.6) is 0 Å². The molecular weight excluding hydrogens is 158 g/mol. The van der Waals surface area contributed by atoms with Crippen molar-refractivity contribution in [1.29, 1.82) is 0 Å². The van der Waals surface area contributed by atoms with Gasteiger partial charge in [-0.1, -0.05) is 0 Å². The molecule has 1 aliphatic rings. The molecule has 0 aliphatic carbocycles. The van der Waals surface area contributed by atoms with E-state index in [-0.39, 0.29) is 18.1 Å². The molecule has 4 heteroatoms. The summed E-state index contributed by atoms with van der Waals surface area (Å²) in [5, 5.41) is 12.0. The van der Waals surface area contributed by atoms with E-state index in [0.29, 0.717) is 19.6 Å². The molecular formula is C8H15NO3. The summed E-state index contributed by atoms with van der Waals surface area (Å²) >= 11 is 0. The molecule has 0 spiro atoms. The maximum absolute atomic E-state index is 10.9. The van der Waals surface area contributed by atoms with Gasteiger partial charge in [0.1, 0.15) is 6.04 Å². The highest BCUT2D eigenvalue weighted by molar-refractivity contribution is 5.77. The largest absolute Gasteiger partial charge is 0.464 e. The third kappa shape index (κ3) is 2.79. The van der Waals surface area contributed by atoms with Gasteiger partial charge in [0.2, 0.25) is 0 Å². The molecule has 0 aromatic carbocycles. The van der Waals surface area contributed by atoms with Gasteiger partial charge in [-0.15, -0.1) is 0 Å². The molecule has 2 atom stereocenters. The Balaban J connectivity index is 2.10. The predicted octanol–water partition coefficient (Wildman–Crippen LogP) is -0.338. The lowest BCUT2D eigenvalue weighted by Crippen LogP contribution is -2.34. The van der Waals surface area contributed by atoms with Crippen LogP contribution in [0.15, 0.2) is 0 Å². The predicted molar refractivity (Wildman–Crippen MR) is 43.7 cm³/mol. The molecule has 0 aromatic heterocycles. The van der Waals surface area contributed by atoms with Crippen LogP contribution in [0.4, 0.5) is 0 Å². The van der Waals surface area contributed by atoms with Crippen LogP contribution < -0.4 is 5.32 Å². The second-order valence-corrected chi connectivity index (χ2v) is 3.10. The van der Waals surface area contributed by atoms with Gasteiger partial charge < -0.3 is 15.2 Å². The van der Waals surface area contributed by atoms with E-state index in [4.69, 9.17) is 9.84 Å². The summed E-state index contributed by atoms with van der Waals surface area (Å²) in [5.74, 6) is -0.166. The molecule has 4 nitrogen and oxygen atoms in total. The minimum atomic E-state index is -0.310. The van der Waals surface area contributed by atoms with E-state index in [0.717, 1.165) is 6.42 Å². The number of aliphatic hydroxyl groups excluding tert-OH is 1. The molecule has 1 aliphatic heterocycles. The standard InChI is InChI=1S/C8H15NO3/c1-6(10)2-4-9-7-3-5-12-8(7)11/h6-7,9-10H,2-5H2,1H3. The highest BCUT2D eigenvalue weighted by Crippen LogP contribution is 2.05. The van der Waals surface area contributed by atoms with E-state index >= 15 is 0 Å². The van der Waals surface area contributed by atoms with Gasteiger partial charge in [-0.3, -0.25) is 4.79 Å². The summed E-state index contributed by atoms with van der Waals surface area (Å²) in [6.07, 6.45) is 1.11. The third-order valence-corrected chi connectivity index (χ3v) is 1.89. The van der Waals surface area contributed by atoms with Gasteiger partial charge >= 0.3 is 5.97 Å². The summed E-state index contributed by atoms with van der Waals surface area (Å²) in [4.78, 5) is 10.9. The van der Waals surface area contributed by atoms with Crippen molar-refractivity contribution in [2.45, 2.75) is 31.9 Å². The Morgan fingerprint density at radius 1 is 1.83 bits per heavy atom. The molecule has 0 aromatic rings. The van der Waals surface area contributed by atoms with E-state index in [1.165, 1.54) is 0 Å². The van der Waals surface area contributed by atoms with Gasteiger partial charge in [-0.2, -0.15) is 0 Å². The highest BCUT2D eigenvalue weighted by Gasteiger charge is 2.25. The minimum absolute atomic E-state index is 0.149. The molecule has 0 radical (unpaired) electrons. The van der Waals surface area contributed by atoms with Crippen molar-refractivity contribution < 1.29 is 14.6 Å². The van der Waals surface area contributed by atoms with Crippen LogP contribution >= 0.6 is 0 Å². The Hall–Kier alpha value is -0.610. The Morgan fingerprint density at radius 3 is 3.08 bits per heavy atom. The number of aliphatic hydroxyl groups is 1. The zero-order valence-electron chi connectivity index (χ0n) is 7.25. The molecule has 1 saturated heterocycles. The number of nitrogens with one attached hydrogen (secondary N) is 1. The molecule has 2 unspecified atom stereocenters. The average Bonchev–Trinajstić information content (AvgIpc) is 2.36. The number of hydrogen-bond donors (Lipinski definition) is 2. The first kappa shape index (κ1) is 9.48. The summed E-state index contributed by atoms with van der Waals surface area (Å²) in [5.41, 5.74) is 0. The number of cyclic esters (lactones) is 1. The first-order valence-corrected chi connectivity index (χ1v) is 4.28. The van der Waals surface area contributed by atoms with Gasteiger partial charge in [0.15, 0.2) is 0 Å². The molecule has 0 amide bonds. The van der Waals surface area contributed by atoms with Gasteiger partial charge in [-0.05, 0) is 19.9 Å². The number of hydrogen-bond acceptors (Lipinski definition) is 4. The average molecular weight is 173 g/mol. The molecule has 0 bridgehead atoms. The summed E-state index contributed by atoms with van der Waals surface area (Å²) in [6.45, 7) is 2.91. The molecule has 1 rings (SSSR count). The van der Waals surface area contributed by atoms with Crippen LogP contribution in [0.1, 0.15) is 19.8 Å². The van der Waals surface area contributed by atoms with Crippen molar-refractivity contribution >= 4 is 5.97 Å². The van der Waals surface area contributed by atoms with Crippen LogP contribution in [0.2, 0.25) is 0 Å². The van der Waals surface area contributed by atoms with Crippen LogP contribution in [-0.4, -0.2) is 36.4 Å². The van der Waals surface area contributed by atoms with Crippen molar-refractivity contribution in [3.63, 3.8) is 0 Å². The topological polar surface area (TPSA) is 58.6 Å².